The summed E-state index contributed by atoms with van der Waals surface area (Å²) in [6.07, 6.45) is 0.869. The summed E-state index contributed by atoms with van der Waals surface area (Å²) in [5, 5.41) is 10.5. The first-order valence-electron chi connectivity index (χ1n) is 6.55. The highest BCUT2D eigenvalue weighted by molar-refractivity contribution is 5.72. The number of nitro groups is 1. The lowest BCUT2D eigenvalue weighted by atomic mass is 10.1. The molecule has 108 valence electrons. The van der Waals surface area contributed by atoms with Crippen LogP contribution in [0.15, 0.2) is 48.5 Å². The molecule has 2 rings (SSSR count). The molecule has 0 unspecified atom stereocenters. The lowest BCUT2D eigenvalue weighted by molar-refractivity contribution is -0.384. The fraction of sp³-hybridized carbons (Fsp3) is 0.188. The van der Waals surface area contributed by atoms with E-state index in [1.807, 2.05) is 31.2 Å². The van der Waals surface area contributed by atoms with E-state index in [0.717, 1.165) is 11.1 Å². The minimum atomic E-state index is -0.497. The van der Waals surface area contributed by atoms with Gasteiger partial charge in [0.05, 0.1) is 4.92 Å². The van der Waals surface area contributed by atoms with Gasteiger partial charge in [-0.25, -0.2) is 0 Å². The summed E-state index contributed by atoms with van der Waals surface area (Å²) in [5.74, 6) is -0.0415. The van der Waals surface area contributed by atoms with E-state index in [4.69, 9.17) is 4.74 Å². The van der Waals surface area contributed by atoms with Crippen LogP contribution in [0.4, 0.5) is 5.69 Å². The molecule has 0 aliphatic carbocycles. The van der Waals surface area contributed by atoms with Gasteiger partial charge >= 0.3 is 5.97 Å². The van der Waals surface area contributed by atoms with Crippen LogP contribution in [0.5, 0.6) is 5.75 Å². The Morgan fingerprint density at radius 2 is 1.90 bits per heavy atom. The standard InChI is InChI=1S/C16H15NO4/c1-12-3-2-4-13(11-12)5-10-16(18)21-15-8-6-14(7-9-15)17(19)20/h2-4,6-9,11H,5,10H2,1H3. The number of nitrogens with zero attached hydrogens (tertiary/aromatic N) is 1. The summed E-state index contributed by atoms with van der Waals surface area (Å²) in [7, 11) is 0. The van der Waals surface area contributed by atoms with E-state index < -0.39 is 4.92 Å². The van der Waals surface area contributed by atoms with E-state index in [9.17, 15) is 14.9 Å². The molecule has 5 nitrogen and oxygen atoms in total. The molecule has 2 aromatic carbocycles. The van der Waals surface area contributed by atoms with Crippen molar-refractivity contribution in [3.05, 3.63) is 69.8 Å². The van der Waals surface area contributed by atoms with Crippen molar-refractivity contribution in [3.63, 3.8) is 0 Å². The predicted molar refractivity (Wildman–Crippen MR) is 78.2 cm³/mol. The Bertz CT molecular complexity index is 650. The third-order valence-corrected chi connectivity index (χ3v) is 2.98. The van der Waals surface area contributed by atoms with Gasteiger partial charge in [-0.3, -0.25) is 14.9 Å². The van der Waals surface area contributed by atoms with Crippen molar-refractivity contribution in [3.8, 4) is 5.75 Å². The minimum Gasteiger partial charge on any atom is -0.427 e. The molecule has 0 heterocycles. The first-order chi connectivity index (χ1) is 10.0. The lowest BCUT2D eigenvalue weighted by Crippen LogP contribution is -2.09. The molecule has 21 heavy (non-hydrogen) atoms. The number of esters is 1. The zero-order valence-corrected chi connectivity index (χ0v) is 11.6. The summed E-state index contributed by atoms with van der Waals surface area (Å²) in [4.78, 5) is 21.8. The Morgan fingerprint density at radius 1 is 1.19 bits per heavy atom. The Balaban J connectivity index is 1.88. The summed E-state index contributed by atoms with van der Waals surface area (Å²) in [6, 6.07) is 13.4. The molecule has 0 fully saturated rings. The Kier molecular flexibility index (Phi) is 4.66. The van der Waals surface area contributed by atoms with E-state index in [0.29, 0.717) is 12.2 Å². The smallest absolute Gasteiger partial charge is 0.311 e. The van der Waals surface area contributed by atoms with E-state index in [-0.39, 0.29) is 18.1 Å². The zero-order chi connectivity index (χ0) is 15.2. The fourth-order valence-electron chi connectivity index (χ4n) is 1.93. The number of rotatable bonds is 5. The molecule has 0 aromatic heterocycles. The van der Waals surface area contributed by atoms with Crippen LogP contribution in [0.25, 0.3) is 0 Å². The van der Waals surface area contributed by atoms with Gasteiger partial charge in [0.1, 0.15) is 5.75 Å². The Morgan fingerprint density at radius 3 is 2.52 bits per heavy atom. The normalized spacial score (nSPS) is 10.1. The molecule has 0 N–H and O–H groups in total. The van der Waals surface area contributed by atoms with Crippen LogP contribution >= 0.6 is 0 Å². The highest BCUT2D eigenvalue weighted by atomic mass is 16.6. The highest BCUT2D eigenvalue weighted by Crippen LogP contribution is 2.18. The highest BCUT2D eigenvalue weighted by Gasteiger charge is 2.08. The number of hydrogen-bond donors (Lipinski definition) is 0. The van der Waals surface area contributed by atoms with Crippen molar-refractivity contribution in [1.82, 2.24) is 0 Å². The number of carbonyl (C=O) groups excluding carboxylic acids is 1. The van der Waals surface area contributed by atoms with Gasteiger partial charge in [0.2, 0.25) is 0 Å². The van der Waals surface area contributed by atoms with Crippen molar-refractivity contribution in [1.29, 1.82) is 0 Å². The number of hydrogen-bond acceptors (Lipinski definition) is 4. The van der Waals surface area contributed by atoms with Crippen LogP contribution < -0.4 is 4.74 Å². The van der Waals surface area contributed by atoms with Gasteiger partial charge in [-0.15, -0.1) is 0 Å². The molecule has 0 aliphatic heterocycles. The van der Waals surface area contributed by atoms with Gasteiger partial charge in [-0.05, 0) is 31.0 Å². The summed E-state index contributed by atoms with van der Waals surface area (Å²) < 4.78 is 5.14. The van der Waals surface area contributed by atoms with Crippen LogP contribution in [0.1, 0.15) is 17.5 Å². The van der Waals surface area contributed by atoms with E-state index in [2.05, 4.69) is 0 Å². The molecule has 5 heteroatoms. The summed E-state index contributed by atoms with van der Waals surface area (Å²) in [5.41, 5.74) is 2.20. The second-order valence-electron chi connectivity index (χ2n) is 4.71. The number of non-ortho nitro benzene ring substituents is 1. The SMILES string of the molecule is Cc1cccc(CCC(=O)Oc2ccc([N+](=O)[O-])cc2)c1. The monoisotopic (exact) mass is 285 g/mol. The van der Waals surface area contributed by atoms with Gasteiger partial charge in [0.25, 0.3) is 5.69 Å². The third-order valence-electron chi connectivity index (χ3n) is 2.98. The predicted octanol–water partition coefficient (Wildman–Crippen LogP) is 3.44. The van der Waals surface area contributed by atoms with Crippen LogP contribution in [0, 0.1) is 17.0 Å². The van der Waals surface area contributed by atoms with Crippen molar-refractivity contribution in [2.24, 2.45) is 0 Å². The maximum Gasteiger partial charge on any atom is 0.311 e. The van der Waals surface area contributed by atoms with Crippen LogP contribution in [0.3, 0.4) is 0 Å². The topological polar surface area (TPSA) is 69.4 Å². The Labute approximate surface area is 122 Å². The number of ether oxygens (including phenoxy) is 1. The molecule has 0 bridgehead atoms. The average molecular weight is 285 g/mol. The molecule has 0 amide bonds. The summed E-state index contributed by atoms with van der Waals surface area (Å²) in [6.45, 7) is 2.00. The minimum absolute atomic E-state index is 0.0328. The molecule has 2 aromatic rings. The molecule has 0 saturated carbocycles. The van der Waals surface area contributed by atoms with Crippen LogP contribution in [-0.2, 0) is 11.2 Å². The number of nitro benzene ring substituents is 1. The quantitative estimate of drug-likeness (QED) is 0.365. The first-order valence-corrected chi connectivity index (χ1v) is 6.55. The second-order valence-corrected chi connectivity index (χ2v) is 4.71. The molecule has 0 saturated heterocycles. The van der Waals surface area contributed by atoms with Crippen LogP contribution in [0.2, 0.25) is 0 Å². The largest absolute Gasteiger partial charge is 0.427 e. The number of carbonyl (C=O) groups is 1. The molecular weight excluding hydrogens is 270 g/mol. The van der Waals surface area contributed by atoms with Crippen molar-refractivity contribution >= 4 is 11.7 Å². The van der Waals surface area contributed by atoms with Gasteiger partial charge < -0.3 is 4.74 Å². The third kappa shape index (κ3) is 4.42. The van der Waals surface area contributed by atoms with Gasteiger partial charge in [-0.1, -0.05) is 29.8 Å². The van der Waals surface area contributed by atoms with Crippen molar-refractivity contribution in [2.45, 2.75) is 19.8 Å². The van der Waals surface area contributed by atoms with Gasteiger partial charge in [0.15, 0.2) is 0 Å². The van der Waals surface area contributed by atoms with Crippen molar-refractivity contribution in [2.75, 3.05) is 0 Å². The first kappa shape index (κ1) is 14.7. The zero-order valence-electron chi connectivity index (χ0n) is 11.6. The van der Waals surface area contributed by atoms with E-state index in [1.54, 1.807) is 0 Å². The molecular formula is C16H15NO4. The van der Waals surface area contributed by atoms with E-state index >= 15 is 0 Å². The summed E-state index contributed by atoms with van der Waals surface area (Å²) >= 11 is 0. The molecule has 0 spiro atoms. The average Bonchev–Trinajstić information content (AvgIpc) is 2.46. The number of aryl methyl sites for hydroxylation is 2. The maximum absolute atomic E-state index is 11.7. The maximum atomic E-state index is 11.7. The molecule has 0 aliphatic rings. The second kappa shape index (κ2) is 6.65. The fourth-order valence-corrected chi connectivity index (χ4v) is 1.93. The number of benzene rings is 2. The lowest BCUT2D eigenvalue weighted by Gasteiger charge is -2.05. The molecule has 0 radical (unpaired) electrons. The van der Waals surface area contributed by atoms with E-state index in [1.165, 1.54) is 24.3 Å². The van der Waals surface area contributed by atoms with Crippen LogP contribution in [-0.4, -0.2) is 10.9 Å². The van der Waals surface area contributed by atoms with Gasteiger partial charge in [0, 0.05) is 18.6 Å². The Hall–Kier alpha value is -2.69. The van der Waals surface area contributed by atoms with Gasteiger partial charge in [-0.2, -0.15) is 0 Å². The molecule has 0 atom stereocenters. The van der Waals surface area contributed by atoms with Crippen molar-refractivity contribution < 1.29 is 14.5 Å².